The van der Waals surface area contributed by atoms with Crippen molar-refractivity contribution in [2.24, 2.45) is 23.2 Å². The van der Waals surface area contributed by atoms with E-state index in [4.69, 9.17) is 9.47 Å². The summed E-state index contributed by atoms with van der Waals surface area (Å²) in [6.07, 6.45) is -22.1. The zero-order chi connectivity index (χ0) is 36.9. The molecule has 4 fully saturated rings. The van der Waals surface area contributed by atoms with Gasteiger partial charge in [0.2, 0.25) is 0 Å². The van der Waals surface area contributed by atoms with Gasteiger partial charge in [-0.15, -0.1) is 0 Å². The van der Waals surface area contributed by atoms with Gasteiger partial charge in [-0.25, -0.2) is 4.79 Å². The standard InChI is InChI=1S/C33H46F6O10/c1-15(21-8-9-22-17(5-4-10-30(21,22)3)6-7-18-12-19(40)13-23(41)16(18)2)11-20(14-31(47,32(34,35)36)33(37,38)39)48-29-26(44)24(42)25(43)27(49-29)28(45)46/h6-7,15,19-27,29,40-44,47H,2,4-5,8-14H2,1,3H3,(H,45,46)/b17-6+,18-7-/t15-,19-,20+,21-,22+,23+,24+,25+,26-,27+,29-,30-/m1/s1. The first-order chi connectivity index (χ1) is 22.5. The molecule has 0 amide bonds. The lowest BCUT2D eigenvalue weighted by molar-refractivity contribution is -0.380. The monoisotopic (exact) mass is 716 g/mol. The number of rotatable bonds is 9. The van der Waals surface area contributed by atoms with E-state index in [9.17, 15) is 66.9 Å². The van der Waals surface area contributed by atoms with E-state index in [-0.39, 0.29) is 18.3 Å². The lowest BCUT2D eigenvalue weighted by atomic mass is 9.60. The van der Waals surface area contributed by atoms with Gasteiger partial charge in [0, 0.05) is 12.8 Å². The highest BCUT2D eigenvalue weighted by molar-refractivity contribution is 5.73. The van der Waals surface area contributed by atoms with Crippen molar-refractivity contribution in [1.82, 2.24) is 0 Å². The maximum Gasteiger partial charge on any atom is 0.426 e. The van der Waals surface area contributed by atoms with Gasteiger partial charge in [-0.3, -0.25) is 0 Å². The molecule has 7 N–H and O–H groups in total. The highest BCUT2D eigenvalue weighted by atomic mass is 19.4. The number of aliphatic carboxylic acids is 1. The first-order valence-corrected chi connectivity index (χ1v) is 16.4. The number of halogens is 6. The molecule has 0 aromatic heterocycles. The molecular weight excluding hydrogens is 670 g/mol. The molecule has 0 aromatic carbocycles. The fourth-order valence-corrected chi connectivity index (χ4v) is 8.52. The third kappa shape index (κ3) is 7.91. The third-order valence-corrected chi connectivity index (χ3v) is 11.2. The molecule has 4 aliphatic rings. The molecule has 280 valence electrons. The van der Waals surface area contributed by atoms with E-state index >= 15 is 0 Å². The van der Waals surface area contributed by atoms with Crippen molar-refractivity contribution in [3.8, 4) is 0 Å². The average molecular weight is 717 g/mol. The van der Waals surface area contributed by atoms with Gasteiger partial charge in [-0.1, -0.05) is 38.2 Å². The van der Waals surface area contributed by atoms with Crippen LogP contribution in [0, 0.1) is 23.2 Å². The zero-order valence-corrected chi connectivity index (χ0v) is 27.2. The Bertz CT molecular complexity index is 1270. The van der Waals surface area contributed by atoms with Crippen LogP contribution in [0.2, 0.25) is 0 Å². The van der Waals surface area contributed by atoms with Gasteiger partial charge in [0.05, 0.1) is 18.3 Å². The summed E-state index contributed by atoms with van der Waals surface area (Å²) in [6.45, 7) is 7.58. The number of carboxylic acid groups (broad SMARTS) is 1. The smallest absolute Gasteiger partial charge is 0.426 e. The van der Waals surface area contributed by atoms with E-state index in [0.29, 0.717) is 36.8 Å². The number of hydrogen-bond donors (Lipinski definition) is 7. The molecule has 10 nitrogen and oxygen atoms in total. The van der Waals surface area contributed by atoms with Gasteiger partial charge in [0.25, 0.3) is 5.60 Å². The van der Waals surface area contributed by atoms with Crippen LogP contribution in [-0.2, 0) is 14.3 Å². The van der Waals surface area contributed by atoms with Gasteiger partial charge < -0.3 is 45.2 Å². The summed E-state index contributed by atoms with van der Waals surface area (Å²) in [7, 11) is 0. The minimum Gasteiger partial charge on any atom is -0.479 e. The summed E-state index contributed by atoms with van der Waals surface area (Å²) < 4.78 is 93.4. The first kappa shape index (κ1) is 39.7. The normalized spacial score (nSPS) is 39.2. The van der Waals surface area contributed by atoms with Gasteiger partial charge in [-0.2, -0.15) is 26.3 Å². The maximum absolute atomic E-state index is 13.8. The van der Waals surface area contributed by atoms with Gasteiger partial charge in [0.15, 0.2) is 12.4 Å². The topological polar surface area (TPSA) is 177 Å². The molecule has 16 heteroatoms. The van der Waals surface area contributed by atoms with Crippen molar-refractivity contribution in [3.05, 3.63) is 35.5 Å². The zero-order valence-electron chi connectivity index (χ0n) is 27.2. The van der Waals surface area contributed by atoms with Crippen molar-refractivity contribution in [2.45, 2.75) is 139 Å². The summed E-state index contributed by atoms with van der Waals surface area (Å²) in [4.78, 5) is 11.6. The molecule has 3 saturated carbocycles. The van der Waals surface area contributed by atoms with Crippen LogP contribution in [0.5, 0.6) is 0 Å². The molecule has 3 aliphatic carbocycles. The number of carboxylic acids is 1. The summed E-state index contributed by atoms with van der Waals surface area (Å²) in [6, 6.07) is 0. The molecule has 1 heterocycles. The Balaban J connectivity index is 1.61. The second kappa shape index (κ2) is 14.5. The second-order valence-electron chi connectivity index (χ2n) is 14.4. The molecule has 0 aromatic rings. The Morgan fingerprint density at radius 3 is 2.27 bits per heavy atom. The van der Waals surface area contributed by atoms with Crippen LogP contribution in [0.1, 0.15) is 71.6 Å². The minimum atomic E-state index is -6.20. The van der Waals surface area contributed by atoms with Crippen molar-refractivity contribution < 1.29 is 76.4 Å². The van der Waals surface area contributed by atoms with Gasteiger partial charge in [-0.05, 0) is 79.3 Å². The molecule has 0 unspecified atom stereocenters. The quantitative estimate of drug-likeness (QED) is 0.174. The van der Waals surface area contributed by atoms with E-state index in [0.717, 1.165) is 18.4 Å². The fraction of sp³-hybridized carbons (Fsp3) is 0.788. The maximum atomic E-state index is 13.8. The first-order valence-electron chi connectivity index (χ1n) is 16.4. The van der Waals surface area contributed by atoms with E-state index in [1.165, 1.54) is 0 Å². The molecule has 49 heavy (non-hydrogen) atoms. The van der Waals surface area contributed by atoms with Crippen LogP contribution < -0.4 is 0 Å². The molecule has 1 saturated heterocycles. The van der Waals surface area contributed by atoms with Crippen LogP contribution in [0.15, 0.2) is 35.5 Å². The largest absolute Gasteiger partial charge is 0.479 e. The number of allylic oxidation sites excluding steroid dienone is 3. The van der Waals surface area contributed by atoms with Gasteiger partial charge >= 0.3 is 18.3 Å². The van der Waals surface area contributed by atoms with E-state index in [1.54, 1.807) is 6.92 Å². The van der Waals surface area contributed by atoms with Crippen molar-refractivity contribution in [2.75, 3.05) is 0 Å². The SMILES string of the molecule is C=C1/C(=C\C=C2/CCC[C@]3(C)[C@@H]([C@H](C)C[C@@H](CC(O)(C(F)(F)F)C(F)(F)F)O[C@@H]4O[C@H](C(=O)O)[C@@H](O)[C@H](O)[C@H]4O)CC[C@@H]23)C[C@@H](O)C[C@@H]1O. The molecule has 1 aliphatic heterocycles. The second-order valence-corrected chi connectivity index (χ2v) is 14.4. The molecular formula is C33H46F6O10. The summed E-state index contributed by atoms with van der Waals surface area (Å²) in [5, 5.41) is 70.4. The summed E-state index contributed by atoms with van der Waals surface area (Å²) >= 11 is 0. The molecule has 4 rings (SSSR count). The molecule has 0 radical (unpaired) electrons. The van der Waals surface area contributed by atoms with E-state index < -0.39 is 97.1 Å². The third-order valence-electron chi connectivity index (χ3n) is 11.2. The Morgan fingerprint density at radius 2 is 1.67 bits per heavy atom. The van der Waals surface area contributed by atoms with Crippen LogP contribution in [0.3, 0.4) is 0 Å². The fourth-order valence-electron chi connectivity index (χ4n) is 8.52. The number of alkyl halides is 6. The van der Waals surface area contributed by atoms with Crippen LogP contribution in [0.4, 0.5) is 26.3 Å². The highest BCUT2D eigenvalue weighted by Gasteiger charge is 2.71. The minimum absolute atomic E-state index is 0.00960. The molecule has 0 spiro atoms. The number of hydrogen-bond acceptors (Lipinski definition) is 9. The van der Waals surface area contributed by atoms with Gasteiger partial charge in [0.1, 0.15) is 18.3 Å². The van der Waals surface area contributed by atoms with Crippen molar-refractivity contribution >= 4 is 5.97 Å². The lowest BCUT2D eigenvalue weighted by Gasteiger charge is -2.46. The number of aliphatic hydroxyl groups is 6. The number of ether oxygens (including phenoxy) is 2. The highest BCUT2D eigenvalue weighted by Crippen LogP contribution is 2.60. The van der Waals surface area contributed by atoms with Crippen LogP contribution in [-0.4, -0.2) is 109 Å². The van der Waals surface area contributed by atoms with Crippen molar-refractivity contribution in [3.63, 3.8) is 0 Å². The van der Waals surface area contributed by atoms with Crippen LogP contribution >= 0.6 is 0 Å². The van der Waals surface area contributed by atoms with Crippen LogP contribution in [0.25, 0.3) is 0 Å². The average Bonchev–Trinajstić information content (AvgIpc) is 3.34. The Hall–Kier alpha value is -2.05. The summed E-state index contributed by atoms with van der Waals surface area (Å²) in [5.41, 5.74) is -3.36. The Morgan fingerprint density at radius 1 is 1.04 bits per heavy atom. The number of aliphatic hydroxyl groups excluding tert-OH is 5. The van der Waals surface area contributed by atoms with E-state index in [2.05, 4.69) is 6.58 Å². The summed E-state index contributed by atoms with van der Waals surface area (Å²) in [5.74, 6) is -2.68. The predicted octanol–water partition coefficient (Wildman–Crippen LogP) is 3.68. The number of carbonyl (C=O) groups is 1. The Kier molecular flexibility index (Phi) is 11.8. The molecule has 0 bridgehead atoms. The van der Waals surface area contributed by atoms with E-state index in [1.807, 2.05) is 19.1 Å². The Labute approximate surface area is 279 Å². The predicted molar refractivity (Wildman–Crippen MR) is 159 cm³/mol. The lowest BCUT2D eigenvalue weighted by Crippen LogP contribution is -2.62. The number of fused-ring (bicyclic) bond motifs is 1. The molecule has 12 atom stereocenters. The van der Waals surface area contributed by atoms with Crippen molar-refractivity contribution in [1.29, 1.82) is 0 Å².